The minimum absolute atomic E-state index is 0.168. The number of rotatable bonds is 2. The number of allylic oxidation sites excluding steroid dienone is 3. The molecule has 0 aromatic carbocycles. The lowest BCUT2D eigenvalue weighted by Crippen LogP contribution is -2.34. The van der Waals surface area contributed by atoms with Crippen LogP contribution in [0.5, 0.6) is 0 Å². The van der Waals surface area contributed by atoms with Crippen molar-refractivity contribution in [2.45, 2.75) is 76.8 Å². The third kappa shape index (κ3) is 4.39. The monoisotopic (exact) mass is 390 g/mol. The second-order valence-corrected chi connectivity index (χ2v) is 8.21. The van der Waals surface area contributed by atoms with E-state index in [0.717, 1.165) is 31.3 Å². The van der Waals surface area contributed by atoms with E-state index in [1.807, 2.05) is 13.0 Å². The molecule has 2 heterocycles. The first-order chi connectivity index (χ1) is 13.2. The molecule has 6 nitrogen and oxygen atoms in total. The minimum Gasteiger partial charge on any atom is -0.463 e. The maximum absolute atomic E-state index is 12.1. The SMILES string of the molecule is C=C1C(=O)O[C@@H]2[C@@H]1C[C@H]1O[C@]1(COC(C)=O)CC/C=C(\C)CC/C=C(\C)[C@H]2O. The molecule has 0 radical (unpaired) electrons. The highest BCUT2D eigenvalue weighted by atomic mass is 16.6. The van der Waals surface area contributed by atoms with E-state index in [9.17, 15) is 14.7 Å². The average Bonchev–Trinajstić information content (AvgIpc) is 3.25. The molecule has 28 heavy (non-hydrogen) atoms. The Morgan fingerprint density at radius 1 is 1.36 bits per heavy atom. The van der Waals surface area contributed by atoms with Crippen LogP contribution in [0.4, 0.5) is 0 Å². The van der Waals surface area contributed by atoms with Crippen molar-refractivity contribution in [1.82, 2.24) is 0 Å². The molecule has 6 heteroatoms. The zero-order valence-electron chi connectivity index (χ0n) is 16.9. The Bertz CT molecular complexity index is 721. The fourth-order valence-electron chi connectivity index (χ4n) is 4.15. The normalized spacial score (nSPS) is 40.0. The summed E-state index contributed by atoms with van der Waals surface area (Å²) in [5.41, 5.74) is 1.90. The van der Waals surface area contributed by atoms with Gasteiger partial charge in [0, 0.05) is 18.4 Å². The van der Waals surface area contributed by atoms with Crippen LogP contribution in [0.15, 0.2) is 35.5 Å². The first kappa shape index (κ1) is 20.8. The third-order valence-corrected chi connectivity index (χ3v) is 6.09. The summed E-state index contributed by atoms with van der Waals surface area (Å²) in [6.45, 7) is 9.42. The summed E-state index contributed by atoms with van der Waals surface area (Å²) >= 11 is 0. The standard InChI is InChI=1S/C22H30O6/c1-13-7-5-9-14(2)19(24)20-17(15(3)21(25)27-20)11-18-22(28-18,10-6-8-13)12-26-16(4)23/h8-9,17-20,24H,3,5-7,10-12H2,1-2,4H3/b13-8+,14-9+/t17-,18-,19-,20-,22+/m1/s1. The lowest BCUT2D eigenvalue weighted by molar-refractivity contribution is -0.143. The summed E-state index contributed by atoms with van der Waals surface area (Å²) < 4.78 is 16.7. The Morgan fingerprint density at radius 2 is 2.11 bits per heavy atom. The number of hydrogen-bond donors (Lipinski definition) is 1. The van der Waals surface area contributed by atoms with Gasteiger partial charge in [0.05, 0.1) is 6.10 Å². The number of carbonyl (C=O) groups excluding carboxylic acids is 2. The third-order valence-electron chi connectivity index (χ3n) is 6.09. The number of epoxide rings is 1. The van der Waals surface area contributed by atoms with Crippen molar-refractivity contribution in [1.29, 1.82) is 0 Å². The fraction of sp³-hybridized carbons (Fsp3) is 0.636. The largest absolute Gasteiger partial charge is 0.463 e. The summed E-state index contributed by atoms with van der Waals surface area (Å²) in [5.74, 6) is -1.13. The number of fused-ring (bicyclic) bond motifs is 2. The van der Waals surface area contributed by atoms with Crippen molar-refractivity contribution in [2.75, 3.05) is 6.61 Å². The summed E-state index contributed by atoms with van der Waals surface area (Å²) in [6, 6.07) is 0. The van der Waals surface area contributed by atoms with Crippen LogP contribution in [0.25, 0.3) is 0 Å². The maximum atomic E-state index is 12.1. The van der Waals surface area contributed by atoms with Gasteiger partial charge in [-0.2, -0.15) is 0 Å². The van der Waals surface area contributed by atoms with E-state index in [1.54, 1.807) is 0 Å². The zero-order chi connectivity index (χ0) is 20.5. The Hall–Kier alpha value is -1.92. The molecule has 1 N–H and O–H groups in total. The number of esters is 2. The van der Waals surface area contributed by atoms with E-state index in [2.05, 4.69) is 19.6 Å². The molecule has 154 valence electrons. The Morgan fingerprint density at radius 3 is 2.82 bits per heavy atom. The molecule has 2 fully saturated rings. The highest BCUT2D eigenvalue weighted by molar-refractivity contribution is 5.91. The summed E-state index contributed by atoms with van der Waals surface area (Å²) in [4.78, 5) is 23.4. The van der Waals surface area contributed by atoms with Crippen LogP contribution in [-0.2, 0) is 23.8 Å². The molecule has 2 aliphatic heterocycles. The first-order valence-electron chi connectivity index (χ1n) is 9.95. The predicted molar refractivity (Wildman–Crippen MR) is 103 cm³/mol. The molecule has 1 aliphatic carbocycles. The number of carbonyl (C=O) groups is 2. The molecule has 0 aromatic heterocycles. The van der Waals surface area contributed by atoms with Crippen LogP contribution in [-0.4, -0.2) is 47.6 Å². The summed E-state index contributed by atoms with van der Waals surface area (Å²) in [5, 5.41) is 10.8. The molecule has 3 aliphatic rings. The van der Waals surface area contributed by atoms with Gasteiger partial charge in [-0.25, -0.2) is 4.79 Å². The van der Waals surface area contributed by atoms with E-state index >= 15 is 0 Å². The van der Waals surface area contributed by atoms with Crippen molar-refractivity contribution in [3.8, 4) is 0 Å². The molecule has 2 saturated heterocycles. The molecule has 0 saturated carbocycles. The van der Waals surface area contributed by atoms with Gasteiger partial charge in [0.1, 0.15) is 24.4 Å². The lowest BCUT2D eigenvalue weighted by Gasteiger charge is -2.24. The molecular weight excluding hydrogens is 360 g/mol. The van der Waals surface area contributed by atoms with Gasteiger partial charge < -0.3 is 19.3 Å². The Kier molecular flexibility index (Phi) is 6.10. The highest BCUT2D eigenvalue weighted by Crippen LogP contribution is 2.48. The quantitative estimate of drug-likeness (QED) is 0.338. The van der Waals surface area contributed by atoms with E-state index in [1.165, 1.54) is 12.5 Å². The predicted octanol–water partition coefficient (Wildman–Crippen LogP) is 3.00. The van der Waals surface area contributed by atoms with Crippen LogP contribution >= 0.6 is 0 Å². The van der Waals surface area contributed by atoms with Gasteiger partial charge in [-0.3, -0.25) is 4.79 Å². The summed E-state index contributed by atoms with van der Waals surface area (Å²) in [6.07, 6.45) is 6.29. The zero-order valence-corrected chi connectivity index (χ0v) is 16.9. The van der Waals surface area contributed by atoms with E-state index in [0.29, 0.717) is 12.0 Å². The van der Waals surface area contributed by atoms with Gasteiger partial charge >= 0.3 is 11.9 Å². The smallest absolute Gasteiger partial charge is 0.334 e. The molecule has 5 atom stereocenters. The fourth-order valence-corrected chi connectivity index (χ4v) is 4.15. The Labute approximate surface area is 166 Å². The minimum atomic E-state index is -0.873. The lowest BCUT2D eigenvalue weighted by atomic mass is 9.84. The summed E-state index contributed by atoms with van der Waals surface area (Å²) in [7, 11) is 0. The molecule has 0 unspecified atom stereocenters. The van der Waals surface area contributed by atoms with E-state index in [4.69, 9.17) is 14.2 Å². The molecule has 0 bridgehead atoms. The maximum Gasteiger partial charge on any atom is 0.334 e. The number of hydrogen-bond acceptors (Lipinski definition) is 6. The molecule has 0 amide bonds. The number of aliphatic hydroxyl groups is 1. The van der Waals surface area contributed by atoms with Crippen molar-refractivity contribution in [2.24, 2.45) is 5.92 Å². The van der Waals surface area contributed by atoms with Crippen molar-refractivity contribution >= 4 is 11.9 Å². The second kappa shape index (κ2) is 8.21. The van der Waals surface area contributed by atoms with Gasteiger partial charge in [-0.1, -0.05) is 24.3 Å². The van der Waals surface area contributed by atoms with Crippen molar-refractivity contribution in [3.05, 3.63) is 35.5 Å². The van der Waals surface area contributed by atoms with Crippen molar-refractivity contribution < 1.29 is 28.9 Å². The van der Waals surface area contributed by atoms with Gasteiger partial charge in [0.2, 0.25) is 0 Å². The van der Waals surface area contributed by atoms with Gasteiger partial charge in [-0.05, 0) is 51.5 Å². The van der Waals surface area contributed by atoms with E-state index in [-0.39, 0.29) is 24.6 Å². The number of aliphatic hydroxyl groups excluding tert-OH is 1. The van der Waals surface area contributed by atoms with E-state index < -0.39 is 23.8 Å². The molecule has 0 aromatic rings. The molecule has 0 spiro atoms. The topological polar surface area (TPSA) is 85.4 Å². The van der Waals surface area contributed by atoms with Gasteiger partial charge in [-0.15, -0.1) is 0 Å². The molecule has 3 rings (SSSR count). The van der Waals surface area contributed by atoms with Crippen LogP contribution in [0.2, 0.25) is 0 Å². The second-order valence-electron chi connectivity index (χ2n) is 8.21. The van der Waals surface area contributed by atoms with Gasteiger partial charge in [0.25, 0.3) is 0 Å². The van der Waals surface area contributed by atoms with Crippen molar-refractivity contribution in [3.63, 3.8) is 0 Å². The van der Waals surface area contributed by atoms with Gasteiger partial charge in [0.15, 0.2) is 0 Å². The van der Waals surface area contributed by atoms with Crippen LogP contribution in [0.3, 0.4) is 0 Å². The van der Waals surface area contributed by atoms with Crippen LogP contribution in [0.1, 0.15) is 52.9 Å². The first-order valence-corrected chi connectivity index (χ1v) is 9.95. The van der Waals surface area contributed by atoms with Crippen LogP contribution < -0.4 is 0 Å². The average molecular weight is 390 g/mol. The molecular formula is C22H30O6. The number of ether oxygens (including phenoxy) is 3. The van der Waals surface area contributed by atoms with Crippen LogP contribution in [0, 0.1) is 5.92 Å². The Balaban J connectivity index is 1.85. The highest BCUT2D eigenvalue weighted by Gasteiger charge is 2.59.